The van der Waals surface area contributed by atoms with Crippen LogP contribution in [0, 0.1) is 0 Å². The van der Waals surface area contributed by atoms with Crippen LogP contribution in [0.4, 0.5) is 0 Å². The van der Waals surface area contributed by atoms with Crippen molar-refractivity contribution in [1.29, 1.82) is 0 Å². The molecule has 3 aliphatic rings. The summed E-state index contributed by atoms with van der Waals surface area (Å²) in [5, 5.41) is 12.7. The minimum Gasteiger partial charge on any atom is -0.392 e. The van der Waals surface area contributed by atoms with E-state index >= 15 is 0 Å². The Kier molecular flexibility index (Phi) is 4.58. The van der Waals surface area contributed by atoms with Gasteiger partial charge < -0.3 is 15.3 Å². The molecule has 1 aliphatic carbocycles. The summed E-state index contributed by atoms with van der Waals surface area (Å²) in [5.41, 5.74) is 0. The Morgan fingerprint density at radius 2 is 1.85 bits per heavy atom. The number of aliphatic hydroxyl groups is 1. The van der Waals surface area contributed by atoms with Crippen molar-refractivity contribution in [2.75, 3.05) is 32.7 Å². The second-order valence-electron chi connectivity index (χ2n) is 6.50. The summed E-state index contributed by atoms with van der Waals surface area (Å²) in [6.07, 6.45) is 6.71. The monoisotopic (exact) mass is 281 g/mol. The van der Waals surface area contributed by atoms with Gasteiger partial charge in [0.2, 0.25) is 5.91 Å². The zero-order valence-electron chi connectivity index (χ0n) is 12.3. The molecule has 5 nitrogen and oxygen atoms in total. The van der Waals surface area contributed by atoms with Crippen molar-refractivity contribution in [3.8, 4) is 0 Å². The van der Waals surface area contributed by atoms with E-state index < -0.39 is 0 Å². The molecule has 3 fully saturated rings. The standard InChI is InChI=1S/C15H27N3O2/c19-13-10-14(16-11-13)15(20)18-7-3-6-17(8-9-18)12-4-1-2-5-12/h12-14,16,19H,1-11H2/t13-,14+/m0/s1. The molecule has 3 rings (SSSR count). The molecule has 2 heterocycles. The quantitative estimate of drug-likeness (QED) is 0.758. The molecular formula is C15H27N3O2. The molecule has 0 spiro atoms. The zero-order valence-corrected chi connectivity index (χ0v) is 12.3. The molecular weight excluding hydrogens is 254 g/mol. The summed E-state index contributed by atoms with van der Waals surface area (Å²) < 4.78 is 0. The van der Waals surface area contributed by atoms with E-state index in [1.807, 2.05) is 4.90 Å². The first-order valence-electron chi connectivity index (χ1n) is 8.18. The molecule has 0 aromatic heterocycles. The Morgan fingerprint density at radius 1 is 1.05 bits per heavy atom. The smallest absolute Gasteiger partial charge is 0.239 e. The van der Waals surface area contributed by atoms with Crippen LogP contribution in [0.2, 0.25) is 0 Å². The Bertz CT molecular complexity index is 344. The minimum atomic E-state index is -0.356. The second kappa shape index (κ2) is 6.41. The largest absolute Gasteiger partial charge is 0.392 e. The molecule has 1 saturated carbocycles. The van der Waals surface area contributed by atoms with E-state index in [9.17, 15) is 9.90 Å². The van der Waals surface area contributed by atoms with Crippen molar-refractivity contribution < 1.29 is 9.90 Å². The number of hydrogen-bond donors (Lipinski definition) is 2. The molecule has 2 saturated heterocycles. The molecule has 0 aromatic rings. The molecule has 2 N–H and O–H groups in total. The van der Waals surface area contributed by atoms with E-state index in [-0.39, 0.29) is 18.1 Å². The van der Waals surface area contributed by atoms with Gasteiger partial charge in [-0.1, -0.05) is 12.8 Å². The molecule has 20 heavy (non-hydrogen) atoms. The molecule has 114 valence electrons. The molecule has 0 aromatic carbocycles. The van der Waals surface area contributed by atoms with Gasteiger partial charge in [0.25, 0.3) is 0 Å². The number of amides is 1. The lowest BCUT2D eigenvalue weighted by Gasteiger charge is -2.28. The van der Waals surface area contributed by atoms with Crippen molar-refractivity contribution in [2.24, 2.45) is 0 Å². The number of carbonyl (C=O) groups is 1. The topological polar surface area (TPSA) is 55.8 Å². The third-order valence-electron chi connectivity index (χ3n) is 5.09. The predicted molar refractivity (Wildman–Crippen MR) is 77.4 cm³/mol. The van der Waals surface area contributed by atoms with Crippen molar-refractivity contribution in [2.45, 2.75) is 56.7 Å². The number of nitrogens with zero attached hydrogens (tertiary/aromatic N) is 2. The Morgan fingerprint density at radius 3 is 2.55 bits per heavy atom. The first-order chi connectivity index (χ1) is 9.74. The van der Waals surface area contributed by atoms with E-state index in [0.29, 0.717) is 13.0 Å². The molecule has 1 amide bonds. The maximum absolute atomic E-state index is 12.5. The number of aliphatic hydroxyl groups excluding tert-OH is 1. The fraction of sp³-hybridized carbons (Fsp3) is 0.933. The normalized spacial score (nSPS) is 33.5. The van der Waals surface area contributed by atoms with Crippen molar-refractivity contribution in [1.82, 2.24) is 15.1 Å². The van der Waals surface area contributed by atoms with Crippen LogP contribution in [-0.2, 0) is 4.79 Å². The van der Waals surface area contributed by atoms with Crippen molar-refractivity contribution >= 4 is 5.91 Å². The first-order valence-corrected chi connectivity index (χ1v) is 8.18. The molecule has 0 unspecified atom stereocenters. The average Bonchev–Trinajstić information content (AvgIpc) is 3.05. The number of β-amino-alcohol motifs (C(OH)–C–C–N with tert-alkyl or cyclic N) is 1. The molecule has 2 atom stereocenters. The number of hydrogen-bond acceptors (Lipinski definition) is 4. The van der Waals surface area contributed by atoms with Crippen LogP contribution in [0.3, 0.4) is 0 Å². The van der Waals surface area contributed by atoms with Crippen molar-refractivity contribution in [3.63, 3.8) is 0 Å². The summed E-state index contributed by atoms with van der Waals surface area (Å²) in [4.78, 5) is 17.1. The van der Waals surface area contributed by atoms with Gasteiger partial charge in [0.05, 0.1) is 12.1 Å². The third kappa shape index (κ3) is 3.15. The lowest BCUT2D eigenvalue weighted by Crippen LogP contribution is -2.45. The second-order valence-corrected chi connectivity index (χ2v) is 6.50. The van der Waals surface area contributed by atoms with Crippen LogP contribution in [0.15, 0.2) is 0 Å². The maximum atomic E-state index is 12.5. The van der Waals surface area contributed by atoms with Crippen LogP contribution in [0.1, 0.15) is 38.5 Å². The number of nitrogens with one attached hydrogen (secondary N) is 1. The highest BCUT2D eigenvalue weighted by molar-refractivity contribution is 5.82. The molecule has 2 aliphatic heterocycles. The summed E-state index contributed by atoms with van der Waals surface area (Å²) in [6.45, 7) is 4.43. The van der Waals surface area contributed by atoms with Crippen LogP contribution < -0.4 is 5.32 Å². The zero-order chi connectivity index (χ0) is 13.9. The van der Waals surface area contributed by atoms with E-state index in [4.69, 9.17) is 0 Å². The van der Waals surface area contributed by atoms with Crippen LogP contribution in [-0.4, -0.2) is 71.7 Å². The van der Waals surface area contributed by atoms with E-state index in [1.54, 1.807) is 0 Å². The predicted octanol–water partition coefficient (Wildman–Crippen LogP) is 0.186. The summed E-state index contributed by atoms with van der Waals surface area (Å²) in [5.74, 6) is 0.190. The first kappa shape index (κ1) is 14.3. The highest BCUT2D eigenvalue weighted by Crippen LogP contribution is 2.24. The number of rotatable bonds is 2. The summed E-state index contributed by atoms with van der Waals surface area (Å²) in [7, 11) is 0. The van der Waals surface area contributed by atoms with Crippen molar-refractivity contribution in [3.05, 3.63) is 0 Å². The lowest BCUT2D eigenvalue weighted by atomic mass is 10.2. The van der Waals surface area contributed by atoms with Gasteiger partial charge in [-0.25, -0.2) is 0 Å². The highest BCUT2D eigenvalue weighted by Gasteiger charge is 2.33. The van der Waals surface area contributed by atoms with Crippen LogP contribution in [0.25, 0.3) is 0 Å². The van der Waals surface area contributed by atoms with E-state index in [0.717, 1.165) is 38.6 Å². The van der Waals surface area contributed by atoms with Crippen LogP contribution >= 0.6 is 0 Å². The minimum absolute atomic E-state index is 0.164. The van der Waals surface area contributed by atoms with Gasteiger partial charge in [-0.3, -0.25) is 9.69 Å². The van der Waals surface area contributed by atoms with E-state index in [2.05, 4.69) is 10.2 Å². The van der Waals surface area contributed by atoms with Crippen LogP contribution in [0.5, 0.6) is 0 Å². The fourth-order valence-electron chi connectivity index (χ4n) is 3.92. The van der Waals surface area contributed by atoms with Gasteiger partial charge in [-0.15, -0.1) is 0 Å². The Balaban J connectivity index is 1.52. The molecule has 0 radical (unpaired) electrons. The van der Waals surface area contributed by atoms with Gasteiger partial charge in [0, 0.05) is 38.8 Å². The lowest BCUT2D eigenvalue weighted by molar-refractivity contribution is -0.133. The molecule has 0 bridgehead atoms. The van der Waals surface area contributed by atoms with Gasteiger partial charge in [-0.05, 0) is 25.7 Å². The Hall–Kier alpha value is -0.650. The highest BCUT2D eigenvalue weighted by atomic mass is 16.3. The SMILES string of the molecule is O=C([C@H]1C[C@H](O)CN1)N1CCCN(C2CCCC2)CC1. The Labute approximate surface area is 121 Å². The fourth-order valence-corrected chi connectivity index (χ4v) is 3.92. The molecule has 5 heteroatoms. The third-order valence-corrected chi connectivity index (χ3v) is 5.09. The van der Waals surface area contributed by atoms with Gasteiger partial charge in [0.15, 0.2) is 0 Å². The van der Waals surface area contributed by atoms with E-state index in [1.165, 1.54) is 25.7 Å². The maximum Gasteiger partial charge on any atom is 0.239 e. The summed E-state index contributed by atoms with van der Waals surface area (Å²) in [6, 6.07) is 0.597. The van der Waals surface area contributed by atoms with Gasteiger partial charge in [0.1, 0.15) is 0 Å². The number of carbonyl (C=O) groups excluding carboxylic acids is 1. The van der Waals surface area contributed by atoms with Gasteiger partial charge >= 0.3 is 0 Å². The summed E-state index contributed by atoms with van der Waals surface area (Å²) >= 11 is 0. The average molecular weight is 281 g/mol. The van der Waals surface area contributed by atoms with Gasteiger partial charge in [-0.2, -0.15) is 0 Å².